The van der Waals surface area contributed by atoms with Crippen LogP contribution in [0.3, 0.4) is 0 Å². The van der Waals surface area contributed by atoms with Crippen LogP contribution in [-0.4, -0.2) is 31.6 Å². The van der Waals surface area contributed by atoms with Crippen molar-refractivity contribution in [3.05, 3.63) is 33.8 Å². The summed E-state index contributed by atoms with van der Waals surface area (Å²) >= 11 is 11.9. The maximum absolute atomic E-state index is 12.7. The Bertz CT molecular complexity index is 443. The number of nitrogens with two attached hydrogens (primary N) is 1. The fraction of sp³-hybridized carbons (Fsp3) is 0.500. The van der Waals surface area contributed by atoms with Gasteiger partial charge in [0.15, 0.2) is 0 Å². The lowest BCUT2D eigenvalue weighted by molar-refractivity contribution is -0.167. The van der Waals surface area contributed by atoms with Crippen LogP contribution in [0.1, 0.15) is 5.56 Å². The molecule has 120 valence electrons. The molecule has 21 heavy (non-hydrogen) atoms. The van der Waals surface area contributed by atoms with E-state index in [1.807, 2.05) is 0 Å². The Morgan fingerprint density at radius 1 is 1.24 bits per heavy atom. The van der Waals surface area contributed by atoms with Gasteiger partial charge in [-0.15, -0.1) is 0 Å². The molecule has 1 aromatic carbocycles. The van der Waals surface area contributed by atoms with E-state index in [4.69, 9.17) is 29.0 Å². The van der Waals surface area contributed by atoms with E-state index in [0.29, 0.717) is 15.6 Å². The zero-order valence-electron chi connectivity index (χ0n) is 10.8. The van der Waals surface area contributed by atoms with E-state index in [9.17, 15) is 17.6 Å². The second-order valence-electron chi connectivity index (χ2n) is 4.34. The Morgan fingerprint density at radius 3 is 2.29 bits per heavy atom. The number of hydrogen-bond donors (Lipinski definition) is 2. The fourth-order valence-electron chi connectivity index (χ4n) is 1.54. The van der Waals surface area contributed by atoms with Gasteiger partial charge in [0.2, 0.25) is 0 Å². The number of benzene rings is 1. The highest BCUT2D eigenvalue weighted by Crippen LogP contribution is 2.26. The van der Waals surface area contributed by atoms with Crippen molar-refractivity contribution in [1.29, 1.82) is 0 Å². The van der Waals surface area contributed by atoms with E-state index < -0.39 is 25.0 Å². The predicted molar refractivity (Wildman–Crippen MR) is 73.0 cm³/mol. The van der Waals surface area contributed by atoms with Crippen LogP contribution in [0.2, 0.25) is 10.0 Å². The van der Waals surface area contributed by atoms with Crippen LogP contribution in [-0.2, 0) is 11.2 Å². The number of nitrogens with one attached hydrogen (secondary N) is 1. The molecule has 1 rings (SSSR count). The smallest absolute Gasteiger partial charge is 0.330 e. The van der Waals surface area contributed by atoms with Gasteiger partial charge in [-0.05, 0) is 24.1 Å². The van der Waals surface area contributed by atoms with Gasteiger partial charge in [-0.25, -0.2) is 8.78 Å². The third-order valence-corrected chi connectivity index (χ3v) is 3.39. The molecule has 0 aliphatic carbocycles. The summed E-state index contributed by atoms with van der Waals surface area (Å²) in [4.78, 5) is 0. The first kappa shape index (κ1) is 18.4. The fourth-order valence-corrected chi connectivity index (χ4v) is 2.09. The minimum atomic E-state index is -4.19. The average Bonchev–Trinajstić information content (AvgIpc) is 2.40. The monoisotopic (exact) mass is 348 g/mol. The topological polar surface area (TPSA) is 47.3 Å². The molecule has 0 aliphatic rings. The molecule has 0 aromatic heterocycles. The standard InChI is InChI=1S/C12H14Cl2F4N2O/c13-9-2-1-3-10(14)8(9)4-7(20-19)5-21-6-12(17,18)11(15)16/h1-3,7,11,20H,4-6,19H2. The van der Waals surface area contributed by atoms with Crippen molar-refractivity contribution in [2.45, 2.75) is 24.8 Å². The van der Waals surface area contributed by atoms with Gasteiger partial charge in [-0.3, -0.25) is 11.3 Å². The van der Waals surface area contributed by atoms with E-state index in [2.05, 4.69) is 10.2 Å². The summed E-state index contributed by atoms with van der Waals surface area (Å²) in [5, 5.41) is 0.779. The van der Waals surface area contributed by atoms with Gasteiger partial charge in [-0.2, -0.15) is 8.78 Å². The molecule has 1 atom stereocenters. The van der Waals surface area contributed by atoms with Crippen LogP contribution in [0.15, 0.2) is 18.2 Å². The van der Waals surface area contributed by atoms with Crippen LogP contribution >= 0.6 is 23.2 Å². The van der Waals surface area contributed by atoms with Crippen molar-refractivity contribution < 1.29 is 22.3 Å². The molecule has 0 saturated heterocycles. The first-order chi connectivity index (χ1) is 9.77. The summed E-state index contributed by atoms with van der Waals surface area (Å²) in [5.74, 6) is 1.09. The predicted octanol–water partition coefficient (Wildman–Crippen LogP) is 3.28. The Morgan fingerprint density at radius 2 is 1.81 bits per heavy atom. The SMILES string of the molecule is NNC(COCC(F)(F)C(F)F)Cc1c(Cl)cccc1Cl. The molecule has 3 nitrogen and oxygen atoms in total. The summed E-state index contributed by atoms with van der Waals surface area (Å²) < 4.78 is 53.9. The van der Waals surface area contributed by atoms with Crippen LogP contribution in [0, 0.1) is 0 Å². The van der Waals surface area contributed by atoms with Gasteiger partial charge in [0.1, 0.15) is 6.61 Å². The first-order valence-corrected chi connectivity index (χ1v) is 6.66. The van der Waals surface area contributed by atoms with Gasteiger partial charge < -0.3 is 4.74 Å². The molecule has 0 spiro atoms. The zero-order chi connectivity index (χ0) is 16.0. The molecular weight excluding hydrogens is 335 g/mol. The highest BCUT2D eigenvalue weighted by atomic mass is 35.5. The molecule has 0 amide bonds. The first-order valence-electron chi connectivity index (χ1n) is 5.90. The molecule has 0 fully saturated rings. The molecule has 9 heteroatoms. The molecule has 1 aromatic rings. The lowest BCUT2D eigenvalue weighted by atomic mass is 10.1. The van der Waals surface area contributed by atoms with Crippen molar-refractivity contribution in [2.24, 2.45) is 5.84 Å². The van der Waals surface area contributed by atoms with Gasteiger partial charge in [0.25, 0.3) is 0 Å². The third-order valence-electron chi connectivity index (χ3n) is 2.68. The van der Waals surface area contributed by atoms with Crippen LogP contribution < -0.4 is 11.3 Å². The maximum atomic E-state index is 12.7. The van der Waals surface area contributed by atoms with Gasteiger partial charge in [0.05, 0.1) is 6.61 Å². The largest absolute Gasteiger partial charge is 0.373 e. The van der Waals surface area contributed by atoms with E-state index in [0.717, 1.165) is 0 Å². The zero-order valence-corrected chi connectivity index (χ0v) is 12.3. The summed E-state index contributed by atoms with van der Waals surface area (Å²) in [6, 6.07) is 4.28. The third kappa shape index (κ3) is 5.60. The van der Waals surface area contributed by atoms with E-state index in [1.54, 1.807) is 18.2 Å². The van der Waals surface area contributed by atoms with Crippen LogP contribution in [0.5, 0.6) is 0 Å². The van der Waals surface area contributed by atoms with Crippen molar-refractivity contribution in [3.8, 4) is 0 Å². The normalized spacial score (nSPS) is 13.7. The molecule has 0 heterocycles. The van der Waals surface area contributed by atoms with E-state index in [-0.39, 0.29) is 13.0 Å². The minimum absolute atomic E-state index is 0.204. The summed E-state index contributed by atoms with van der Waals surface area (Å²) in [6.07, 6.45) is -3.57. The Kier molecular flexibility index (Phi) is 7.15. The highest BCUT2D eigenvalue weighted by molar-refractivity contribution is 6.35. The molecule has 0 aliphatic heterocycles. The molecule has 3 N–H and O–H groups in total. The second kappa shape index (κ2) is 8.14. The van der Waals surface area contributed by atoms with E-state index in [1.165, 1.54) is 0 Å². The minimum Gasteiger partial charge on any atom is -0.373 e. The van der Waals surface area contributed by atoms with Crippen molar-refractivity contribution >= 4 is 23.2 Å². The number of rotatable bonds is 8. The number of alkyl halides is 4. The van der Waals surface area contributed by atoms with E-state index >= 15 is 0 Å². The highest BCUT2D eigenvalue weighted by Gasteiger charge is 2.41. The van der Waals surface area contributed by atoms with Gasteiger partial charge >= 0.3 is 12.3 Å². The summed E-state index contributed by atoms with van der Waals surface area (Å²) in [5.41, 5.74) is 2.91. The quantitative estimate of drug-likeness (QED) is 0.430. The van der Waals surface area contributed by atoms with Gasteiger partial charge in [-0.1, -0.05) is 29.3 Å². The average molecular weight is 349 g/mol. The molecule has 0 bridgehead atoms. The number of halogens is 6. The summed E-state index contributed by atoms with van der Waals surface area (Å²) in [6.45, 7) is -1.68. The Balaban J connectivity index is 2.57. The van der Waals surface area contributed by atoms with Crippen molar-refractivity contribution in [1.82, 2.24) is 5.43 Å². The Hall–Kier alpha value is -0.600. The molecular formula is C12H14Cl2F4N2O. The molecule has 0 radical (unpaired) electrons. The van der Waals surface area contributed by atoms with Crippen molar-refractivity contribution in [2.75, 3.05) is 13.2 Å². The van der Waals surface area contributed by atoms with Crippen LogP contribution in [0.25, 0.3) is 0 Å². The summed E-state index contributed by atoms with van der Waals surface area (Å²) in [7, 11) is 0. The van der Waals surface area contributed by atoms with Gasteiger partial charge in [0, 0.05) is 16.1 Å². The number of ether oxygens (including phenoxy) is 1. The van der Waals surface area contributed by atoms with Crippen molar-refractivity contribution in [3.63, 3.8) is 0 Å². The lowest BCUT2D eigenvalue weighted by Crippen LogP contribution is -2.42. The second-order valence-corrected chi connectivity index (χ2v) is 5.16. The number of hydrazine groups is 1. The number of hydrogen-bond acceptors (Lipinski definition) is 3. The lowest BCUT2D eigenvalue weighted by Gasteiger charge is -2.20. The van der Waals surface area contributed by atoms with Crippen LogP contribution in [0.4, 0.5) is 17.6 Å². The molecule has 0 saturated carbocycles. The maximum Gasteiger partial charge on any atom is 0.330 e. The molecule has 1 unspecified atom stereocenters. The Labute approximate surface area is 129 Å².